The van der Waals surface area contributed by atoms with E-state index in [2.05, 4.69) is 15.2 Å². The molecule has 200 valence electrons. The summed E-state index contributed by atoms with van der Waals surface area (Å²) in [4.78, 5) is 1.90. The van der Waals surface area contributed by atoms with Crippen molar-refractivity contribution < 1.29 is 34.8 Å². The highest BCUT2D eigenvalue weighted by molar-refractivity contribution is 7.89. The van der Waals surface area contributed by atoms with Gasteiger partial charge in [-0.1, -0.05) is 17.3 Å². The van der Waals surface area contributed by atoms with Crippen LogP contribution in [0.15, 0.2) is 59.6 Å². The van der Waals surface area contributed by atoms with Crippen LogP contribution in [0.1, 0.15) is 17.5 Å². The van der Waals surface area contributed by atoms with Gasteiger partial charge in [-0.3, -0.25) is 4.68 Å². The number of hydrogen-bond acceptors (Lipinski definition) is 5. The van der Waals surface area contributed by atoms with Crippen molar-refractivity contribution in [2.24, 2.45) is 0 Å². The van der Waals surface area contributed by atoms with Gasteiger partial charge in [-0.2, -0.15) is 30.6 Å². The van der Waals surface area contributed by atoms with E-state index in [-0.39, 0.29) is 18.0 Å². The third kappa shape index (κ3) is 6.48. The summed E-state index contributed by atoms with van der Waals surface area (Å²) in [5.74, 6) is 0. The van der Waals surface area contributed by atoms with Crippen LogP contribution in [0.25, 0.3) is 11.3 Å². The average Bonchev–Trinajstić information content (AvgIpc) is 3.32. The number of rotatable bonds is 7. The predicted octanol–water partition coefficient (Wildman–Crippen LogP) is 4.38. The van der Waals surface area contributed by atoms with Gasteiger partial charge in [0.1, 0.15) is 5.69 Å². The predicted molar refractivity (Wildman–Crippen MR) is 122 cm³/mol. The first kappa shape index (κ1) is 27.1. The zero-order valence-corrected chi connectivity index (χ0v) is 20.2. The Balaban J connectivity index is 1.25. The number of aryl methyl sites for hydroxylation is 1. The smallest absolute Gasteiger partial charge is 0.301 e. The first-order chi connectivity index (χ1) is 17.3. The van der Waals surface area contributed by atoms with E-state index >= 15 is 0 Å². The van der Waals surface area contributed by atoms with Crippen LogP contribution in [0.5, 0.6) is 0 Å². The van der Waals surface area contributed by atoms with Gasteiger partial charge in [-0.15, -0.1) is 5.10 Å². The Bertz CT molecular complexity index is 1300. The number of nitrogens with zero attached hydrogens (tertiary/aromatic N) is 5. The molecule has 0 saturated carbocycles. The topological polar surface area (TPSA) is 71.3 Å². The fraction of sp³-hybridized carbons (Fsp3) is 0.391. The summed E-state index contributed by atoms with van der Waals surface area (Å²) in [6.45, 7) is 2.53. The molecule has 2 heterocycles. The lowest BCUT2D eigenvalue weighted by Gasteiger charge is -2.34. The summed E-state index contributed by atoms with van der Waals surface area (Å²) in [5, 5.41) is 8.02. The number of piperazine rings is 1. The van der Waals surface area contributed by atoms with Crippen LogP contribution in [0.4, 0.5) is 26.3 Å². The molecular formula is C23H23F6N5O2S. The third-order valence-electron chi connectivity index (χ3n) is 6.06. The van der Waals surface area contributed by atoms with Crippen LogP contribution in [0, 0.1) is 0 Å². The lowest BCUT2D eigenvalue weighted by molar-refractivity contribution is -0.138. The van der Waals surface area contributed by atoms with Crippen molar-refractivity contribution >= 4 is 10.0 Å². The fourth-order valence-electron chi connectivity index (χ4n) is 3.98. The quantitative estimate of drug-likeness (QED) is 0.411. The van der Waals surface area contributed by atoms with E-state index in [0.717, 1.165) is 36.4 Å². The molecular weight excluding hydrogens is 524 g/mol. The van der Waals surface area contributed by atoms with Crippen molar-refractivity contribution in [3.05, 3.63) is 65.9 Å². The summed E-state index contributed by atoms with van der Waals surface area (Å²) in [7, 11) is -3.89. The van der Waals surface area contributed by atoms with E-state index in [1.54, 1.807) is 10.9 Å². The molecule has 0 atom stereocenters. The Kier molecular flexibility index (Phi) is 7.62. The van der Waals surface area contributed by atoms with Crippen LogP contribution < -0.4 is 0 Å². The van der Waals surface area contributed by atoms with Gasteiger partial charge in [-0.05, 0) is 42.8 Å². The molecule has 1 aliphatic heterocycles. The maximum absolute atomic E-state index is 12.8. The molecule has 0 amide bonds. The summed E-state index contributed by atoms with van der Waals surface area (Å²) in [6, 6.07) is 8.14. The van der Waals surface area contributed by atoms with Crippen molar-refractivity contribution in [1.82, 2.24) is 24.2 Å². The standard InChI is InChI=1S/C23H23F6N5O2S/c24-22(25,26)18-4-2-17(3-5-18)21-16-33(31-30-21)11-1-10-32-12-14-34(15-13-32)37(35,36)20-8-6-19(7-9-20)23(27,28)29/h2-9,16H,1,10-15H2. The summed E-state index contributed by atoms with van der Waals surface area (Å²) in [6.07, 6.45) is -6.61. The number of hydrogen-bond donors (Lipinski definition) is 0. The molecule has 1 aliphatic rings. The second-order valence-corrected chi connectivity index (χ2v) is 10.5. The number of halogens is 6. The van der Waals surface area contributed by atoms with Gasteiger partial charge in [0.15, 0.2) is 0 Å². The van der Waals surface area contributed by atoms with Crippen LogP contribution in [0.2, 0.25) is 0 Å². The molecule has 0 radical (unpaired) electrons. The number of alkyl halides is 6. The van der Waals surface area contributed by atoms with Gasteiger partial charge >= 0.3 is 12.4 Å². The first-order valence-electron chi connectivity index (χ1n) is 11.3. The van der Waals surface area contributed by atoms with Gasteiger partial charge < -0.3 is 4.90 Å². The second-order valence-electron chi connectivity index (χ2n) is 8.56. The molecule has 1 fully saturated rings. The SMILES string of the molecule is O=S(=O)(c1ccc(C(F)(F)F)cc1)N1CCN(CCCn2cc(-c3ccc(C(F)(F)F)cc3)nn2)CC1. The molecule has 2 aromatic carbocycles. The zero-order valence-electron chi connectivity index (χ0n) is 19.4. The van der Waals surface area contributed by atoms with Gasteiger partial charge in [-0.25, -0.2) is 8.42 Å². The van der Waals surface area contributed by atoms with Gasteiger partial charge in [0, 0.05) is 44.8 Å². The summed E-state index contributed by atoms with van der Waals surface area (Å²) in [5.41, 5.74) is -0.675. The summed E-state index contributed by atoms with van der Waals surface area (Å²) < 4.78 is 105. The number of sulfonamides is 1. The van der Waals surface area contributed by atoms with Crippen molar-refractivity contribution in [1.29, 1.82) is 0 Å². The van der Waals surface area contributed by atoms with E-state index < -0.39 is 33.5 Å². The minimum Gasteiger partial charge on any atom is -0.301 e. The van der Waals surface area contributed by atoms with Crippen LogP contribution in [-0.2, 0) is 28.9 Å². The van der Waals surface area contributed by atoms with Gasteiger partial charge in [0.05, 0.1) is 22.2 Å². The average molecular weight is 548 g/mol. The van der Waals surface area contributed by atoms with E-state index in [0.29, 0.717) is 43.9 Å². The number of benzene rings is 2. The molecule has 37 heavy (non-hydrogen) atoms. The third-order valence-corrected chi connectivity index (χ3v) is 7.97. The second kappa shape index (κ2) is 10.4. The van der Waals surface area contributed by atoms with E-state index in [1.165, 1.54) is 16.4 Å². The van der Waals surface area contributed by atoms with Crippen molar-refractivity contribution in [3.8, 4) is 11.3 Å². The van der Waals surface area contributed by atoms with Gasteiger partial charge in [0.25, 0.3) is 0 Å². The lowest BCUT2D eigenvalue weighted by Crippen LogP contribution is -2.48. The van der Waals surface area contributed by atoms with E-state index in [4.69, 9.17) is 0 Å². The van der Waals surface area contributed by atoms with Gasteiger partial charge in [0.2, 0.25) is 10.0 Å². The molecule has 0 N–H and O–H groups in total. The van der Waals surface area contributed by atoms with Crippen LogP contribution in [0.3, 0.4) is 0 Å². The van der Waals surface area contributed by atoms with Crippen molar-refractivity contribution in [2.75, 3.05) is 32.7 Å². The largest absolute Gasteiger partial charge is 0.416 e. The molecule has 7 nitrogen and oxygen atoms in total. The first-order valence-corrected chi connectivity index (χ1v) is 12.8. The molecule has 0 aliphatic carbocycles. The van der Waals surface area contributed by atoms with Crippen LogP contribution in [-0.4, -0.2) is 65.3 Å². The molecule has 0 spiro atoms. The number of aromatic nitrogens is 3. The lowest BCUT2D eigenvalue weighted by atomic mass is 10.1. The maximum atomic E-state index is 12.8. The maximum Gasteiger partial charge on any atom is 0.416 e. The Labute approximate surface area is 209 Å². The summed E-state index contributed by atoms with van der Waals surface area (Å²) >= 11 is 0. The highest BCUT2D eigenvalue weighted by Crippen LogP contribution is 2.31. The van der Waals surface area contributed by atoms with Crippen molar-refractivity contribution in [3.63, 3.8) is 0 Å². The monoisotopic (exact) mass is 547 g/mol. The Morgan fingerprint density at radius 3 is 1.84 bits per heavy atom. The Morgan fingerprint density at radius 1 is 0.757 bits per heavy atom. The minimum absolute atomic E-state index is 0.177. The fourth-order valence-corrected chi connectivity index (χ4v) is 5.41. The highest BCUT2D eigenvalue weighted by atomic mass is 32.2. The molecule has 14 heteroatoms. The Hall–Kier alpha value is -2.97. The van der Waals surface area contributed by atoms with E-state index in [1.807, 2.05) is 0 Å². The zero-order chi connectivity index (χ0) is 26.8. The van der Waals surface area contributed by atoms with Crippen molar-refractivity contribution in [2.45, 2.75) is 30.2 Å². The molecule has 1 aromatic heterocycles. The van der Waals surface area contributed by atoms with Crippen LogP contribution >= 0.6 is 0 Å². The molecule has 1 saturated heterocycles. The molecule has 3 aromatic rings. The molecule has 4 rings (SSSR count). The molecule has 0 unspecified atom stereocenters. The Morgan fingerprint density at radius 2 is 1.30 bits per heavy atom. The minimum atomic E-state index is -4.54. The molecule has 0 bridgehead atoms. The highest BCUT2D eigenvalue weighted by Gasteiger charge is 2.33. The normalized spacial score (nSPS) is 16.3. The van der Waals surface area contributed by atoms with E-state index in [9.17, 15) is 34.8 Å².